The molecular weight excluding hydrogens is 403 g/mol. The molecule has 9 heteroatoms. The molecule has 7 nitrogen and oxygen atoms in total. The standard InChI is InChI=1S/C19H16Cl2N4O3/c1-11-2-4-12(5-3-11)16-24-19(28-25-16)18(27)23-9-8-22-17(26)14-10-13(20)6-7-15(14)21/h2-7,10H,8-9H2,1H3,(H,22,26)(H,23,27). The van der Waals surface area contributed by atoms with Gasteiger partial charge in [0.15, 0.2) is 0 Å². The van der Waals surface area contributed by atoms with E-state index in [0.717, 1.165) is 11.1 Å². The minimum absolute atomic E-state index is 0.153. The zero-order valence-corrected chi connectivity index (χ0v) is 16.3. The lowest BCUT2D eigenvalue weighted by Gasteiger charge is -2.07. The van der Waals surface area contributed by atoms with E-state index in [1.54, 1.807) is 12.1 Å². The fourth-order valence-electron chi connectivity index (χ4n) is 2.33. The Morgan fingerprint density at radius 3 is 2.39 bits per heavy atom. The van der Waals surface area contributed by atoms with Gasteiger partial charge in [-0.1, -0.05) is 58.2 Å². The van der Waals surface area contributed by atoms with Crippen molar-refractivity contribution in [2.45, 2.75) is 6.92 Å². The average molecular weight is 419 g/mol. The molecule has 0 aliphatic rings. The van der Waals surface area contributed by atoms with E-state index in [0.29, 0.717) is 15.9 Å². The summed E-state index contributed by atoms with van der Waals surface area (Å²) < 4.78 is 4.99. The van der Waals surface area contributed by atoms with Crippen LogP contribution < -0.4 is 10.6 Å². The molecule has 28 heavy (non-hydrogen) atoms. The van der Waals surface area contributed by atoms with E-state index in [-0.39, 0.29) is 30.5 Å². The molecular formula is C19H16Cl2N4O3. The largest absolute Gasteiger partial charge is 0.350 e. The van der Waals surface area contributed by atoms with Crippen LogP contribution in [0.4, 0.5) is 0 Å². The van der Waals surface area contributed by atoms with Gasteiger partial charge in [-0.05, 0) is 25.1 Å². The number of carbonyl (C=O) groups is 2. The first-order valence-corrected chi connectivity index (χ1v) is 9.12. The third-order valence-electron chi connectivity index (χ3n) is 3.80. The smallest absolute Gasteiger partial charge is 0.316 e. The molecule has 0 aliphatic heterocycles. The minimum Gasteiger partial charge on any atom is -0.350 e. The Hall–Kier alpha value is -2.90. The summed E-state index contributed by atoms with van der Waals surface area (Å²) >= 11 is 11.8. The van der Waals surface area contributed by atoms with Crippen molar-refractivity contribution in [3.8, 4) is 11.4 Å². The first-order valence-electron chi connectivity index (χ1n) is 8.36. The van der Waals surface area contributed by atoms with Crippen molar-refractivity contribution >= 4 is 35.0 Å². The Morgan fingerprint density at radius 2 is 1.68 bits per heavy atom. The van der Waals surface area contributed by atoms with Crippen molar-refractivity contribution in [1.82, 2.24) is 20.8 Å². The second-order valence-electron chi connectivity index (χ2n) is 5.93. The summed E-state index contributed by atoms with van der Waals surface area (Å²) in [6.07, 6.45) is 0. The molecule has 1 aromatic heterocycles. The van der Waals surface area contributed by atoms with Gasteiger partial charge < -0.3 is 15.2 Å². The van der Waals surface area contributed by atoms with E-state index < -0.39 is 5.91 Å². The number of hydrogen-bond donors (Lipinski definition) is 2. The summed E-state index contributed by atoms with van der Waals surface area (Å²) in [6, 6.07) is 12.1. The topological polar surface area (TPSA) is 97.1 Å². The zero-order chi connectivity index (χ0) is 20.1. The Bertz CT molecular complexity index is 1000. The van der Waals surface area contributed by atoms with Crippen LogP contribution in [0.2, 0.25) is 10.0 Å². The van der Waals surface area contributed by atoms with E-state index in [1.807, 2.05) is 31.2 Å². The molecule has 2 amide bonds. The van der Waals surface area contributed by atoms with E-state index in [4.69, 9.17) is 27.7 Å². The van der Waals surface area contributed by atoms with E-state index >= 15 is 0 Å². The van der Waals surface area contributed by atoms with Gasteiger partial charge in [0.2, 0.25) is 5.82 Å². The van der Waals surface area contributed by atoms with Crippen LogP contribution in [0.3, 0.4) is 0 Å². The maximum Gasteiger partial charge on any atom is 0.316 e. The summed E-state index contributed by atoms with van der Waals surface area (Å²) in [5, 5.41) is 9.75. The van der Waals surface area contributed by atoms with Crippen LogP contribution in [-0.2, 0) is 0 Å². The van der Waals surface area contributed by atoms with Crippen molar-refractivity contribution in [2.24, 2.45) is 0 Å². The third kappa shape index (κ3) is 4.88. The number of benzene rings is 2. The summed E-state index contributed by atoms with van der Waals surface area (Å²) in [7, 11) is 0. The van der Waals surface area contributed by atoms with Crippen molar-refractivity contribution in [3.05, 3.63) is 69.5 Å². The van der Waals surface area contributed by atoms with Crippen LogP contribution in [0.5, 0.6) is 0 Å². The second-order valence-corrected chi connectivity index (χ2v) is 6.77. The van der Waals surface area contributed by atoms with Gasteiger partial charge in [0.25, 0.3) is 5.91 Å². The van der Waals surface area contributed by atoms with Gasteiger partial charge >= 0.3 is 11.8 Å². The molecule has 2 N–H and O–H groups in total. The maximum atomic E-state index is 12.1. The van der Waals surface area contributed by atoms with Gasteiger partial charge in [-0.2, -0.15) is 4.98 Å². The zero-order valence-electron chi connectivity index (χ0n) is 14.8. The normalized spacial score (nSPS) is 10.5. The number of amides is 2. The van der Waals surface area contributed by atoms with Crippen LogP contribution >= 0.6 is 23.2 Å². The highest BCUT2D eigenvalue weighted by atomic mass is 35.5. The lowest BCUT2D eigenvalue weighted by Crippen LogP contribution is -2.34. The summed E-state index contributed by atoms with van der Waals surface area (Å²) in [5.41, 5.74) is 2.12. The molecule has 0 bridgehead atoms. The highest BCUT2D eigenvalue weighted by molar-refractivity contribution is 6.35. The molecule has 2 aromatic carbocycles. The van der Waals surface area contributed by atoms with E-state index in [1.165, 1.54) is 6.07 Å². The lowest BCUT2D eigenvalue weighted by molar-refractivity contribution is 0.0898. The number of carbonyl (C=O) groups excluding carboxylic acids is 2. The van der Waals surface area contributed by atoms with Crippen LogP contribution in [0.15, 0.2) is 47.0 Å². The molecule has 0 atom stereocenters. The molecule has 0 saturated carbocycles. The highest BCUT2D eigenvalue weighted by Gasteiger charge is 2.16. The highest BCUT2D eigenvalue weighted by Crippen LogP contribution is 2.20. The second kappa shape index (κ2) is 8.86. The summed E-state index contributed by atoms with van der Waals surface area (Å²) in [4.78, 5) is 28.3. The first-order chi connectivity index (χ1) is 13.4. The predicted molar refractivity (Wildman–Crippen MR) is 106 cm³/mol. The first kappa shape index (κ1) is 19.9. The third-order valence-corrected chi connectivity index (χ3v) is 4.36. The van der Waals surface area contributed by atoms with Crippen molar-refractivity contribution in [1.29, 1.82) is 0 Å². The average Bonchev–Trinajstić information content (AvgIpc) is 3.17. The molecule has 0 aliphatic carbocycles. The molecule has 144 valence electrons. The molecule has 3 rings (SSSR count). The maximum absolute atomic E-state index is 12.1. The number of hydrogen-bond acceptors (Lipinski definition) is 5. The van der Waals surface area contributed by atoms with Crippen LogP contribution in [0, 0.1) is 6.92 Å². The van der Waals surface area contributed by atoms with Crippen molar-refractivity contribution in [3.63, 3.8) is 0 Å². The van der Waals surface area contributed by atoms with Gasteiger partial charge in [-0.15, -0.1) is 0 Å². The van der Waals surface area contributed by atoms with E-state index in [9.17, 15) is 9.59 Å². The fourth-order valence-corrected chi connectivity index (χ4v) is 2.71. The molecule has 3 aromatic rings. The summed E-state index contributed by atoms with van der Waals surface area (Å²) in [5.74, 6) is -0.740. The molecule has 0 fully saturated rings. The van der Waals surface area contributed by atoms with Crippen molar-refractivity contribution in [2.75, 3.05) is 13.1 Å². The van der Waals surface area contributed by atoms with Gasteiger partial charge in [0.1, 0.15) is 0 Å². The minimum atomic E-state index is -0.527. The van der Waals surface area contributed by atoms with Crippen LogP contribution in [0.1, 0.15) is 26.6 Å². The molecule has 1 heterocycles. The molecule has 0 saturated heterocycles. The fraction of sp³-hybridized carbons (Fsp3) is 0.158. The van der Waals surface area contributed by atoms with Gasteiger partial charge in [-0.3, -0.25) is 9.59 Å². The van der Waals surface area contributed by atoms with E-state index in [2.05, 4.69) is 20.8 Å². The Balaban J connectivity index is 1.50. The Morgan fingerprint density at radius 1 is 1.00 bits per heavy atom. The quantitative estimate of drug-likeness (QED) is 0.596. The predicted octanol–water partition coefficient (Wildman–Crippen LogP) is 3.51. The van der Waals surface area contributed by atoms with Gasteiger partial charge in [0.05, 0.1) is 10.6 Å². The summed E-state index contributed by atoms with van der Waals surface area (Å²) in [6.45, 7) is 2.33. The Kier molecular flexibility index (Phi) is 6.28. The number of aryl methyl sites for hydroxylation is 1. The number of nitrogens with zero attached hydrogens (tertiary/aromatic N) is 2. The lowest BCUT2D eigenvalue weighted by atomic mass is 10.1. The molecule has 0 radical (unpaired) electrons. The van der Waals surface area contributed by atoms with Crippen LogP contribution in [-0.4, -0.2) is 35.0 Å². The van der Waals surface area contributed by atoms with Gasteiger partial charge in [-0.25, -0.2) is 0 Å². The van der Waals surface area contributed by atoms with Crippen molar-refractivity contribution < 1.29 is 14.1 Å². The SMILES string of the molecule is Cc1ccc(-c2noc(C(=O)NCCNC(=O)c3cc(Cl)ccc3Cl)n2)cc1. The number of nitrogens with one attached hydrogen (secondary N) is 2. The number of rotatable bonds is 6. The Labute approximate surface area is 171 Å². The van der Waals surface area contributed by atoms with Crippen LogP contribution in [0.25, 0.3) is 11.4 Å². The van der Waals surface area contributed by atoms with Gasteiger partial charge in [0, 0.05) is 23.7 Å². The molecule has 0 spiro atoms. The monoisotopic (exact) mass is 418 g/mol. The number of aromatic nitrogens is 2. The number of halogens is 2. The molecule has 0 unspecified atom stereocenters.